The van der Waals surface area contributed by atoms with Crippen LogP contribution in [0.4, 0.5) is 0 Å². The van der Waals surface area contributed by atoms with E-state index in [0.29, 0.717) is 0 Å². The molecule has 4 rings (SSSR count). The lowest BCUT2D eigenvalue weighted by Crippen LogP contribution is -2.66. The second-order valence-corrected chi connectivity index (χ2v) is 5.26. The van der Waals surface area contributed by atoms with Crippen LogP contribution >= 0.6 is 0 Å². The number of amides is 1. The number of carbonyl (C=O) groups excluding carboxylic acids is 1. The molecule has 84 valence electrons. The molecule has 0 radical (unpaired) electrons. The molecule has 2 bridgehead atoms. The third-order valence-electron chi connectivity index (χ3n) is 3.85. The lowest BCUT2D eigenvalue weighted by atomic mass is 9.69. The summed E-state index contributed by atoms with van der Waals surface area (Å²) in [4.78, 5) is 11.5. The monoisotopic (exact) mass is 217 g/mol. The molecule has 16 heavy (non-hydrogen) atoms. The first kappa shape index (κ1) is 9.70. The maximum absolute atomic E-state index is 11.5. The molecule has 0 aromatic heterocycles. The van der Waals surface area contributed by atoms with E-state index in [4.69, 9.17) is 4.74 Å². The third kappa shape index (κ3) is 1.06. The fourth-order valence-electron chi connectivity index (χ4n) is 2.61. The molecule has 1 saturated heterocycles. The largest absolute Gasteiger partial charge is 0.457 e. The minimum atomic E-state index is -0.269. The predicted octanol–water partition coefficient (Wildman–Crippen LogP) is 2.42. The lowest BCUT2D eigenvalue weighted by molar-refractivity contribution is -0.143. The quantitative estimate of drug-likeness (QED) is 0.784. The molecule has 1 fully saturated rings. The molecule has 0 aliphatic carbocycles. The SMILES string of the molecule is CC(c1ccc2cc1O2)C1NC(=O)C1(C)C. The van der Waals surface area contributed by atoms with Crippen LogP contribution in [0, 0.1) is 5.41 Å². The van der Waals surface area contributed by atoms with E-state index >= 15 is 0 Å². The van der Waals surface area contributed by atoms with Gasteiger partial charge in [-0.25, -0.2) is 0 Å². The van der Waals surface area contributed by atoms with Crippen LogP contribution in [0.15, 0.2) is 18.2 Å². The summed E-state index contributed by atoms with van der Waals surface area (Å²) in [5.74, 6) is 2.32. The van der Waals surface area contributed by atoms with E-state index in [1.165, 1.54) is 5.56 Å². The molecule has 3 aliphatic heterocycles. The second kappa shape index (κ2) is 2.78. The Labute approximate surface area is 94.8 Å². The van der Waals surface area contributed by atoms with Gasteiger partial charge in [0, 0.05) is 18.0 Å². The van der Waals surface area contributed by atoms with Gasteiger partial charge in [-0.05, 0) is 25.5 Å². The zero-order valence-corrected chi connectivity index (χ0v) is 9.70. The van der Waals surface area contributed by atoms with Crippen molar-refractivity contribution in [2.45, 2.75) is 32.7 Å². The molecule has 1 aromatic carbocycles. The van der Waals surface area contributed by atoms with Gasteiger partial charge in [0.2, 0.25) is 5.91 Å². The average Bonchev–Trinajstić information content (AvgIpc) is 2.24. The van der Waals surface area contributed by atoms with Gasteiger partial charge in [-0.1, -0.05) is 13.0 Å². The van der Waals surface area contributed by atoms with Gasteiger partial charge in [-0.3, -0.25) is 4.79 Å². The molecule has 2 unspecified atom stereocenters. The van der Waals surface area contributed by atoms with Crippen LogP contribution in [0.3, 0.4) is 0 Å². The van der Waals surface area contributed by atoms with Crippen LogP contribution in [0.25, 0.3) is 0 Å². The number of carbonyl (C=O) groups is 1. The Morgan fingerprint density at radius 1 is 1.44 bits per heavy atom. The van der Waals surface area contributed by atoms with E-state index in [9.17, 15) is 4.79 Å². The van der Waals surface area contributed by atoms with Crippen molar-refractivity contribution < 1.29 is 9.53 Å². The minimum Gasteiger partial charge on any atom is -0.457 e. The highest BCUT2D eigenvalue weighted by Gasteiger charge is 2.50. The first-order chi connectivity index (χ1) is 7.50. The summed E-state index contributed by atoms with van der Waals surface area (Å²) in [7, 11) is 0. The number of hydrogen-bond donors (Lipinski definition) is 1. The highest BCUT2D eigenvalue weighted by Crippen LogP contribution is 2.46. The Morgan fingerprint density at radius 2 is 2.12 bits per heavy atom. The highest BCUT2D eigenvalue weighted by atomic mass is 16.5. The Hall–Kier alpha value is -1.51. The van der Waals surface area contributed by atoms with Gasteiger partial charge < -0.3 is 10.1 Å². The van der Waals surface area contributed by atoms with Gasteiger partial charge in [0.05, 0.1) is 5.41 Å². The summed E-state index contributed by atoms with van der Waals surface area (Å²) < 4.78 is 5.46. The summed E-state index contributed by atoms with van der Waals surface area (Å²) >= 11 is 0. The van der Waals surface area contributed by atoms with Gasteiger partial charge in [-0.15, -0.1) is 0 Å². The Bertz CT molecular complexity index is 475. The van der Waals surface area contributed by atoms with Gasteiger partial charge >= 0.3 is 0 Å². The summed E-state index contributed by atoms with van der Waals surface area (Å²) in [6.07, 6.45) is 0. The Morgan fingerprint density at radius 3 is 2.56 bits per heavy atom. The predicted molar refractivity (Wildman–Crippen MR) is 60.6 cm³/mol. The first-order valence-corrected chi connectivity index (χ1v) is 5.63. The molecule has 3 nitrogen and oxygen atoms in total. The van der Waals surface area contributed by atoms with Crippen LogP contribution in [0.2, 0.25) is 0 Å². The van der Waals surface area contributed by atoms with Crippen molar-refractivity contribution >= 4 is 5.91 Å². The number of rotatable bonds is 2. The van der Waals surface area contributed by atoms with Gasteiger partial charge in [0.15, 0.2) is 0 Å². The fourth-order valence-corrected chi connectivity index (χ4v) is 2.61. The van der Waals surface area contributed by atoms with Crippen molar-refractivity contribution in [1.82, 2.24) is 5.32 Å². The number of nitrogens with one attached hydrogen (secondary N) is 1. The van der Waals surface area contributed by atoms with Crippen LogP contribution in [0.5, 0.6) is 11.5 Å². The summed E-state index contributed by atoms with van der Waals surface area (Å²) in [6.45, 7) is 6.13. The van der Waals surface area contributed by atoms with E-state index in [1.807, 2.05) is 26.0 Å². The van der Waals surface area contributed by atoms with Crippen molar-refractivity contribution in [3.63, 3.8) is 0 Å². The van der Waals surface area contributed by atoms with E-state index in [2.05, 4.69) is 18.3 Å². The first-order valence-electron chi connectivity index (χ1n) is 5.63. The lowest BCUT2D eigenvalue weighted by Gasteiger charge is -2.47. The third-order valence-corrected chi connectivity index (χ3v) is 3.85. The second-order valence-electron chi connectivity index (χ2n) is 5.26. The van der Waals surface area contributed by atoms with E-state index in [1.54, 1.807) is 0 Å². The smallest absolute Gasteiger partial charge is 0.228 e. The van der Waals surface area contributed by atoms with Crippen molar-refractivity contribution in [2.24, 2.45) is 5.41 Å². The number of fused-ring (bicyclic) bond motifs is 2. The van der Waals surface area contributed by atoms with E-state index in [-0.39, 0.29) is 23.3 Å². The summed E-state index contributed by atoms with van der Waals surface area (Å²) in [6, 6.07) is 6.32. The molecule has 1 N–H and O–H groups in total. The Balaban J connectivity index is 1.88. The molecular formula is C13H15NO2. The molecule has 0 spiro atoms. The molecule has 3 aliphatic rings. The minimum absolute atomic E-state index is 0.139. The number of benzene rings is 1. The van der Waals surface area contributed by atoms with E-state index < -0.39 is 0 Å². The van der Waals surface area contributed by atoms with E-state index in [0.717, 1.165) is 11.5 Å². The van der Waals surface area contributed by atoms with Crippen LogP contribution in [0.1, 0.15) is 32.3 Å². The molecule has 1 aromatic rings. The molecule has 1 amide bonds. The molecule has 3 heterocycles. The summed E-state index contributed by atoms with van der Waals surface area (Å²) in [5.41, 5.74) is 0.919. The number of hydrogen-bond acceptors (Lipinski definition) is 2. The van der Waals surface area contributed by atoms with Crippen molar-refractivity contribution in [1.29, 1.82) is 0 Å². The van der Waals surface area contributed by atoms with Crippen molar-refractivity contribution in [3.8, 4) is 11.5 Å². The standard InChI is InChI=1S/C13H15NO2/c1-7(11-13(2,3)12(15)14-11)9-5-4-8-6-10(9)16-8/h4-7,11H,1-3H3,(H,14,15). The molecule has 0 saturated carbocycles. The van der Waals surface area contributed by atoms with Crippen LogP contribution < -0.4 is 10.1 Å². The molecule has 2 atom stereocenters. The Kier molecular flexibility index (Phi) is 1.69. The number of ether oxygens (including phenoxy) is 1. The van der Waals surface area contributed by atoms with Gasteiger partial charge in [0.25, 0.3) is 0 Å². The van der Waals surface area contributed by atoms with Crippen molar-refractivity contribution in [2.75, 3.05) is 0 Å². The zero-order valence-electron chi connectivity index (χ0n) is 9.70. The highest BCUT2D eigenvalue weighted by molar-refractivity contribution is 5.89. The summed E-state index contributed by atoms with van der Waals surface area (Å²) in [5, 5.41) is 2.98. The van der Waals surface area contributed by atoms with Crippen LogP contribution in [-0.2, 0) is 4.79 Å². The fraction of sp³-hybridized carbons (Fsp3) is 0.462. The van der Waals surface area contributed by atoms with Gasteiger partial charge in [0.1, 0.15) is 11.5 Å². The molecule has 3 heteroatoms. The number of β-lactam (4-membered cyclic amide) rings is 1. The normalized spacial score (nSPS) is 25.9. The average molecular weight is 217 g/mol. The topological polar surface area (TPSA) is 38.3 Å². The maximum Gasteiger partial charge on any atom is 0.228 e. The van der Waals surface area contributed by atoms with Crippen molar-refractivity contribution in [3.05, 3.63) is 23.8 Å². The molecular weight excluding hydrogens is 202 g/mol. The van der Waals surface area contributed by atoms with Gasteiger partial charge in [-0.2, -0.15) is 0 Å². The maximum atomic E-state index is 11.5. The van der Waals surface area contributed by atoms with Crippen LogP contribution in [-0.4, -0.2) is 11.9 Å². The zero-order chi connectivity index (χ0) is 11.5.